The Bertz CT molecular complexity index is 918. The molecule has 0 spiro atoms. The van der Waals surface area contributed by atoms with Crippen LogP contribution in [0, 0.1) is 0 Å². The summed E-state index contributed by atoms with van der Waals surface area (Å²) in [7, 11) is 4.93. The van der Waals surface area contributed by atoms with Crippen LogP contribution in [0.4, 0.5) is 17.5 Å². The standard InChI is InChI=1S/C21H24N4O3/c1-26-16-8-9-19(28-3)17(14-16)24-20-11-13-23-21(25-20)22-12-10-15-6-4-5-7-18(15)27-2/h4-9,11,13-14H,10,12H2,1-3H3,(H2,22,23,24,25). The number of hydrogen-bond donors (Lipinski definition) is 2. The van der Waals surface area contributed by atoms with E-state index in [0.29, 0.717) is 24.1 Å². The van der Waals surface area contributed by atoms with Gasteiger partial charge in [-0.3, -0.25) is 0 Å². The zero-order valence-corrected chi connectivity index (χ0v) is 16.2. The molecule has 2 N–H and O–H groups in total. The van der Waals surface area contributed by atoms with Crippen LogP contribution in [0.15, 0.2) is 54.7 Å². The predicted molar refractivity (Wildman–Crippen MR) is 110 cm³/mol. The van der Waals surface area contributed by atoms with Gasteiger partial charge in [0, 0.05) is 18.8 Å². The Labute approximate surface area is 164 Å². The molecule has 2 aromatic carbocycles. The van der Waals surface area contributed by atoms with Gasteiger partial charge in [-0.05, 0) is 36.2 Å². The van der Waals surface area contributed by atoms with E-state index in [9.17, 15) is 0 Å². The van der Waals surface area contributed by atoms with Gasteiger partial charge in [0.25, 0.3) is 0 Å². The average molecular weight is 380 g/mol. The third-order valence-corrected chi connectivity index (χ3v) is 4.19. The minimum absolute atomic E-state index is 0.543. The van der Waals surface area contributed by atoms with Gasteiger partial charge in [0.15, 0.2) is 0 Å². The van der Waals surface area contributed by atoms with Crippen molar-refractivity contribution in [2.45, 2.75) is 6.42 Å². The van der Waals surface area contributed by atoms with Crippen molar-refractivity contribution in [2.24, 2.45) is 0 Å². The summed E-state index contributed by atoms with van der Waals surface area (Å²) >= 11 is 0. The quantitative estimate of drug-likeness (QED) is 0.583. The number of nitrogens with zero attached hydrogens (tertiary/aromatic N) is 2. The Morgan fingerprint density at radius 1 is 0.893 bits per heavy atom. The molecule has 1 aromatic heterocycles. The highest BCUT2D eigenvalue weighted by atomic mass is 16.5. The van der Waals surface area contributed by atoms with Gasteiger partial charge in [-0.15, -0.1) is 0 Å². The predicted octanol–water partition coefficient (Wildman–Crippen LogP) is 3.90. The van der Waals surface area contributed by atoms with Crippen LogP contribution in [-0.2, 0) is 6.42 Å². The highest BCUT2D eigenvalue weighted by Gasteiger charge is 2.07. The second kappa shape index (κ2) is 9.45. The number of anilines is 3. The van der Waals surface area contributed by atoms with Crippen molar-refractivity contribution < 1.29 is 14.2 Å². The molecule has 28 heavy (non-hydrogen) atoms. The molecule has 1 heterocycles. The molecule has 146 valence electrons. The molecule has 0 saturated heterocycles. The minimum Gasteiger partial charge on any atom is -0.497 e. The molecule has 3 aromatic rings. The Kier molecular flexibility index (Phi) is 6.51. The summed E-state index contributed by atoms with van der Waals surface area (Å²) in [5.74, 6) is 3.51. The summed E-state index contributed by atoms with van der Waals surface area (Å²) < 4.78 is 16.1. The van der Waals surface area contributed by atoms with E-state index in [1.807, 2.05) is 36.4 Å². The van der Waals surface area contributed by atoms with Crippen molar-refractivity contribution in [1.29, 1.82) is 0 Å². The molecule has 0 aliphatic rings. The second-order valence-corrected chi connectivity index (χ2v) is 5.95. The van der Waals surface area contributed by atoms with Gasteiger partial charge in [-0.1, -0.05) is 18.2 Å². The topological polar surface area (TPSA) is 77.5 Å². The SMILES string of the molecule is COc1ccc(OC)c(Nc2ccnc(NCCc3ccccc3OC)n2)c1. The summed E-state index contributed by atoms with van der Waals surface area (Å²) in [6.45, 7) is 0.687. The molecule has 0 aliphatic carbocycles. The largest absolute Gasteiger partial charge is 0.497 e. The monoisotopic (exact) mass is 380 g/mol. The van der Waals surface area contributed by atoms with Gasteiger partial charge >= 0.3 is 0 Å². The molecule has 0 unspecified atom stereocenters. The van der Waals surface area contributed by atoms with E-state index in [2.05, 4.69) is 26.7 Å². The van der Waals surface area contributed by atoms with E-state index >= 15 is 0 Å². The van der Waals surface area contributed by atoms with Gasteiger partial charge in [0.05, 0.1) is 27.0 Å². The molecule has 0 fully saturated rings. The van der Waals surface area contributed by atoms with Crippen molar-refractivity contribution in [1.82, 2.24) is 9.97 Å². The zero-order valence-electron chi connectivity index (χ0n) is 16.2. The molecular formula is C21H24N4O3. The van der Waals surface area contributed by atoms with Crippen LogP contribution in [0.3, 0.4) is 0 Å². The third-order valence-electron chi connectivity index (χ3n) is 4.19. The fourth-order valence-corrected chi connectivity index (χ4v) is 2.78. The molecule has 7 nitrogen and oxygen atoms in total. The van der Waals surface area contributed by atoms with Crippen LogP contribution in [0.25, 0.3) is 0 Å². The van der Waals surface area contributed by atoms with Crippen LogP contribution in [0.5, 0.6) is 17.2 Å². The lowest BCUT2D eigenvalue weighted by Crippen LogP contribution is -2.09. The summed E-state index contributed by atoms with van der Waals surface area (Å²) in [5, 5.41) is 6.50. The number of methoxy groups -OCH3 is 3. The van der Waals surface area contributed by atoms with E-state index < -0.39 is 0 Å². The van der Waals surface area contributed by atoms with Crippen molar-refractivity contribution >= 4 is 17.5 Å². The number of hydrogen-bond acceptors (Lipinski definition) is 7. The first kappa shape index (κ1) is 19.3. The zero-order chi connectivity index (χ0) is 19.8. The third kappa shape index (κ3) is 4.82. The molecular weight excluding hydrogens is 356 g/mol. The summed E-state index contributed by atoms with van der Waals surface area (Å²) in [5.41, 5.74) is 1.90. The summed E-state index contributed by atoms with van der Waals surface area (Å²) in [4.78, 5) is 8.79. The smallest absolute Gasteiger partial charge is 0.224 e. The Balaban J connectivity index is 1.66. The molecule has 0 aliphatic heterocycles. The first-order valence-electron chi connectivity index (χ1n) is 8.91. The fourth-order valence-electron chi connectivity index (χ4n) is 2.78. The maximum Gasteiger partial charge on any atom is 0.224 e. The van der Waals surface area contributed by atoms with Crippen LogP contribution in [-0.4, -0.2) is 37.8 Å². The molecule has 0 amide bonds. The summed E-state index contributed by atoms with van der Waals surface area (Å²) in [6.07, 6.45) is 2.50. The van der Waals surface area contributed by atoms with Crippen LogP contribution in [0.2, 0.25) is 0 Å². The van der Waals surface area contributed by atoms with Gasteiger partial charge in [-0.2, -0.15) is 4.98 Å². The molecule has 7 heteroatoms. The summed E-state index contributed by atoms with van der Waals surface area (Å²) in [6, 6.07) is 15.3. The van der Waals surface area contributed by atoms with Gasteiger partial charge < -0.3 is 24.8 Å². The number of benzene rings is 2. The second-order valence-electron chi connectivity index (χ2n) is 5.95. The maximum absolute atomic E-state index is 5.39. The van der Waals surface area contributed by atoms with Crippen molar-refractivity contribution in [3.8, 4) is 17.2 Å². The molecule has 0 radical (unpaired) electrons. The van der Waals surface area contributed by atoms with Crippen LogP contribution >= 0.6 is 0 Å². The Morgan fingerprint density at radius 2 is 1.71 bits per heavy atom. The van der Waals surface area contributed by atoms with Crippen molar-refractivity contribution in [3.63, 3.8) is 0 Å². The van der Waals surface area contributed by atoms with E-state index in [0.717, 1.165) is 29.2 Å². The number of aromatic nitrogens is 2. The molecule has 0 bridgehead atoms. The number of rotatable bonds is 9. The first-order chi connectivity index (χ1) is 13.7. The molecule has 3 rings (SSSR count). The molecule has 0 atom stereocenters. The number of ether oxygens (including phenoxy) is 3. The van der Waals surface area contributed by atoms with E-state index in [-0.39, 0.29) is 0 Å². The van der Waals surface area contributed by atoms with Gasteiger partial charge in [0.1, 0.15) is 23.1 Å². The maximum atomic E-state index is 5.39. The lowest BCUT2D eigenvalue weighted by Gasteiger charge is -2.13. The van der Waals surface area contributed by atoms with Gasteiger partial charge in [0.2, 0.25) is 5.95 Å². The van der Waals surface area contributed by atoms with Crippen molar-refractivity contribution in [3.05, 3.63) is 60.3 Å². The van der Waals surface area contributed by atoms with Crippen LogP contribution < -0.4 is 24.8 Å². The van der Waals surface area contributed by atoms with E-state index in [4.69, 9.17) is 14.2 Å². The lowest BCUT2D eigenvalue weighted by atomic mass is 10.1. The Morgan fingerprint density at radius 3 is 2.50 bits per heavy atom. The van der Waals surface area contributed by atoms with E-state index in [1.165, 1.54) is 0 Å². The van der Waals surface area contributed by atoms with Crippen molar-refractivity contribution in [2.75, 3.05) is 38.5 Å². The number of nitrogens with one attached hydrogen (secondary N) is 2. The normalized spacial score (nSPS) is 10.2. The number of para-hydroxylation sites is 1. The fraction of sp³-hybridized carbons (Fsp3) is 0.238. The average Bonchev–Trinajstić information content (AvgIpc) is 2.74. The highest BCUT2D eigenvalue weighted by molar-refractivity contribution is 5.66. The Hall–Kier alpha value is -3.48. The molecule has 0 saturated carbocycles. The van der Waals surface area contributed by atoms with Crippen LogP contribution in [0.1, 0.15) is 5.56 Å². The minimum atomic E-state index is 0.543. The highest BCUT2D eigenvalue weighted by Crippen LogP contribution is 2.31. The van der Waals surface area contributed by atoms with E-state index in [1.54, 1.807) is 33.6 Å². The first-order valence-corrected chi connectivity index (χ1v) is 8.91. The lowest BCUT2D eigenvalue weighted by molar-refractivity contribution is 0.405. The van der Waals surface area contributed by atoms with Gasteiger partial charge in [-0.25, -0.2) is 4.98 Å².